The third-order valence-corrected chi connectivity index (χ3v) is 0.289. The van der Waals surface area contributed by atoms with Crippen LogP contribution in [0.25, 0.3) is 0 Å². The van der Waals surface area contributed by atoms with Crippen LogP contribution in [0, 0.1) is 0 Å². The van der Waals surface area contributed by atoms with Gasteiger partial charge in [0, 0.05) is 22.4 Å². The van der Waals surface area contributed by atoms with Gasteiger partial charge in [-0.25, -0.2) is 0 Å². The molecule has 0 aliphatic rings. The molecule has 0 spiro atoms. The maximum atomic E-state index is 5.03. The first-order valence-corrected chi connectivity index (χ1v) is 1.62. The summed E-state index contributed by atoms with van der Waals surface area (Å²) in [6, 6.07) is 0. The first-order chi connectivity index (χ1) is 1.91. The van der Waals surface area contributed by atoms with Gasteiger partial charge in [-0.3, -0.25) is 0 Å². The number of hydrogen-bond acceptors (Lipinski definition) is 1. The fraction of sp³-hybridized carbons (Fsp3) is 1.00. The van der Waals surface area contributed by atoms with Gasteiger partial charge in [-0.2, -0.15) is 0 Å². The molecule has 0 atom stereocenters. The second-order valence-electron chi connectivity index (χ2n) is 0.789. The van der Waals surface area contributed by atoms with E-state index in [9.17, 15) is 0 Å². The van der Waals surface area contributed by atoms with E-state index in [4.69, 9.17) is 5.73 Å². The Bertz CT molecular complexity index is 8.85. The molecule has 1 nitrogen and oxygen atoms in total. The maximum absolute atomic E-state index is 5.03. The Balaban J connectivity index is 0. The van der Waals surface area contributed by atoms with E-state index in [-0.39, 0.29) is 22.4 Å². The van der Waals surface area contributed by atoms with Crippen LogP contribution in [0.15, 0.2) is 0 Å². The minimum atomic E-state index is 0. The molecule has 0 aliphatic carbocycles. The summed E-state index contributed by atoms with van der Waals surface area (Å²) < 4.78 is 0. The normalized spacial score (nSPS) is 6.00. The number of rotatable bonds is 1. The Hall–Kier alpha value is 0.700. The van der Waals surface area contributed by atoms with Gasteiger partial charge in [0.2, 0.25) is 0 Å². The Morgan fingerprint density at radius 2 is 1.80 bits per heavy atom. The molecule has 5 heavy (non-hydrogen) atoms. The molecule has 0 fully saturated rings. The first-order valence-electron chi connectivity index (χ1n) is 1.62. The Labute approximate surface area is 48.4 Å². The molecule has 0 aromatic heterocycles. The van der Waals surface area contributed by atoms with Crippen LogP contribution < -0.4 is 5.73 Å². The monoisotopic (exact) mass is 166 g/mol. The SMILES string of the molecule is CCCN.[Ag]. The van der Waals surface area contributed by atoms with Gasteiger partial charge >= 0.3 is 0 Å². The summed E-state index contributed by atoms with van der Waals surface area (Å²) in [7, 11) is 0. The van der Waals surface area contributed by atoms with Crippen molar-refractivity contribution in [3.63, 3.8) is 0 Å². The van der Waals surface area contributed by atoms with Crippen LogP contribution in [-0.4, -0.2) is 6.54 Å². The Kier molecular flexibility index (Phi) is 16.2. The van der Waals surface area contributed by atoms with E-state index < -0.39 is 0 Å². The second kappa shape index (κ2) is 8.83. The molecule has 0 amide bonds. The van der Waals surface area contributed by atoms with Gasteiger partial charge in [-0.15, -0.1) is 0 Å². The van der Waals surface area contributed by atoms with E-state index >= 15 is 0 Å². The molecule has 0 aromatic carbocycles. The summed E-state index contributed by atoms with van der Waals surface area (Å²) in [4.78, 5) is 0. The van der Waals surface area contributed by atoms with E-state index in [1.807, 2.05) is 0 Å². The van der Waals surface area contributed by atoms with Crippen LogP contribution in [0.4, 0.5) is 0 Å². The van der Waals surface area contributed by atoms with Gasteiger partial charge in [0.15, 0.2) is 0 Å². The smallest absolute Gasteiger partial charge is 0 e. The van der Waals surface area contributed by atoms with Crippen molar-refractivity contribution in [1.82, 2.24) is 0 Å². The average Bonchev–Trinajstić information content (AvgIpc) is 1.37. The first kappa shape index (κ1) is 9.20. The molecule has 0 rings (SSSR count). The summed E-state index contributed by atoms with van der Waals surface area (Å²) in [5.41, 5.74) is 5.03. The van der Waals surface area contributed by atoms with Gasteiger partial charge in [0.25, 0.3) is 0 Å². The summed E-state index contributed by atoms with van der Waals surface area (Å²) in [5.74, 6) is 0. The molecule has 0 heterocycles. The fourth-order valence-electron chi connectivity index (χ4n) is 0. The van der Waals surface area contributed by atoms with Gasteiger partial charge in [-0.1, -0.05) is 6.92 Å². The van der Waals surface area contributed by atoms with Crippen molar-refractivity contribution < 1.29 is 22.4 Å². The van der Waals surface area contributed by atoms with Crippen molar-refractivity contribution in [2.75, 3.05) is 6.54 Å². The summed E-state index contributed by atoms with van der Waals surface area (Å²) in [6.45, 7) is 2.88. The van der Waals surface area contributed by atoms with Gasteiger partial charge in [0.05, 0.1) is 0 Å². The Morgan fingerprint density at radius 1 is 1.60 bits per heavy atom. The zero-order chi connectivity index (χ0) is 3.41. The van der Waals surface area contributed by atoms with Crippen molar-refractivity contribution in [3.05, 3.63) is 0 Å². The Morgan fingerprint density at radius 3 is 1.80 bits per heavy atom. The maximum Gasteiger partial charge on any atom is 0 e. The molecule has 0 bridgehead atoms. The van der Waals surface area contributed by atoms with E-state index in [0.29, 0.717) is 0 Å². The molecule has 2 heteroatoms. The average molecular weight is 167 g/mol. The van der Waals surface area contributed by atoms with Crippen LogP contribution in [-0.2, 0) is 22.4 Å². The van der Waals surface area contributed by atoms with Gasteiger partial charge in [-0.05, 0) is 13.0 Å². The number of nitrogens with two attached hydrogens (primary N) is 1. The van der Waals surface area contributed by atoms with Crippen LogP contribution in [0.5, 0.6) is 0 Å². The molecule has 0 unspecified atom stereocenters. The van der Waals surface area contributed by atoms with Gasteiger partial charge in [0.1, 0.15) is 0 Å². The molecular formula is C3H9AgN. The standard InChI is InChI=1S/C3H9N.Ag/c1-2-3-4;/h2-4H2,1H3;. The van der Waals surface area contributed by atoms with Crippen LogP contribution in [0.3, 0.4) is 0 Å². The quantitative estimate of drug-likeness (QED) is 0.560. The topological polar surface area (TPSA) is 26.0 Å². The summed E-state index contributed by atoms with van der Waals surface area (Å²) in [6.07, 6.45) is 1.10. The van der Waals surface area contributed by atoms with Crippen LogP contribution in [0.1, 0.15) is 13.3 Å². The van der Waals surface area contributed by atoms with Crippen molar-refractivity contribution in [2.45, 2.75) is 13.3 Å². The molecular weight excluding hydrogens is 158 g/mol. The largest absolute Gasteiger partial charge is 0.330 e. The van der Waals surface area contributed by atoms with Crippen molar-refractivity contribution in [1.29, 1.82) is 0 Å². The second-order valence-corrected chi connectivity index (χ2v) is 0.789. The predicted molar refractivity (Wildman–Crippen MR) is 19.3 cm³/mol. The molecule has 1 radical (unpaired) electrons. The zero-order valence-electron chi connectivity index (χ0n) is 3.29. The molecule has 0 saturated heterocycles. The number of hydrogen-bond donors (Lipinski definition) is 1. The molecule has 0 saturated carbocycles. The molecule has 0 aliphatic heterocycles. The minimum Gasteiger partial charge on any atom is -0.330 e. The fourth-order valence-corrected chi connectivity index (χ4v) is 0. The zero-order valence-corrected chi connectivity index (χ0v) is 4.78. The van der Waals surface area contributed by atoms with Crippen molar-refractivity contribution >= 4 is 0 Å². The minimum absolute atomic E-state index is 0. The van der Waals surface area contributed by atoms with Crippen molar-refractivity contribution in [2.24, 2.45) is 5.73 Å². The third-order valence-electron chi connectivity index (χ3n) is 0.289. The van der Waals surface area contributed by atoms with E-state index in [1.54, 1.807) is 0 Å². The van der Waals surface area contributed by atoms with Crippen LogP contribution in [0.2, 0.25) is 0 Å². The van der Waals surface area contributed by atoms with E-state index in [0.717, 1.165) is 13.0 Å². The molecule has 2 N–H and O–H groups in total. The van der Waals surface area contributed by atoms with E-state index in [2.05, 4.69) is 6.92 Å². The van der Waals surface area contributed by atoms with E-state index in [1.165, 1.54) is 0 Å². The van der Waals surface area contributed by atoms with Crippen molar-refractivity contribution in [3.8, 4) is 0 Å². The molecule has 0 aromatic rings. The molecule has 37 valence electrons. The third kappa shape index (κ3) is 11.9. The predicted octanol–water partition coefficient (Wildman–Crippen LogP) is 0.353. The summed E-state index contributed by atoms with van der Waals surface area (Å²) >= 11 is 0. The summed E-state index contributed by atoms with van der Waals surface area (Å²) in [5, 5.41) is 0. The van der Waals surface area contributed by atoms with Crippen LogP contribution >= 0.6 is 0 Å². The van der Waals surface area contributed by atoms with Gasteiger partial charge < -0.3 is 5.73 Å².